The van der Waals surface area contributed by atoms with E-state index < -0.39 is 22.2 Å². The van der Waals surface area contributed by atoms with Gasteiger partial charge in [0.1, 0.15) is 0 Å². The Morgan fingerprint density at radius 2 is 1.83 bits per heavy atom. The number of rotatable bonds is 8. The number of aliphatic hydroxyl groups excluding tert-OH is 1. The Morgan fingerprint density at radius 3 is 2.48 bits per heavy atom. The van der Waals surface area contributed by atoms with Crippen molar-refractivity contribution < 1.29 is 23.1 Å². The van der Waals surface area contributed by atoms with Gasteiger partial charge in [0.25, 0.3) is 0 Å². The maximum absolute atomic E-state index is 12.6. The normalized spacial score (nSPS) is 25.8. The van der Waals surface area contributed by atoms with Gasteiger partial charge in [0.05, 0.1) is 29.8 Å². The molecule has 1 saturated heterocycles. The third-order valence-electron chi connectivity index (χ3n) is 5.92. The maximum atomic E-state index is 12.6. The van der Waals surface area contributed by atoms with Gasteiger partial charge in [0.15, 0.2) is 0 Å². The highest BCUT2D eigenvalue weighted by atomic mass is 32.2. The summed E-state index contributed by atoms with van der Waals surface area (Å²) in [7, 11) is -3.67. The Morgan fingerprint density at radius 1 is 1.14 bits per heavy atom. The lowest BCUT2D eigenvalue weighted by Crippen LogP contribution is -2.51. The van der Waals surface area contributed by atoms with Crippen LogP contribution in [0.25, 0.3) is 0 Å². The SMILES string of the molecule is Cc1ccc(S(=O)(=O)N[C@@H]2CC[C@@H](CCNC(=O)C3CCCC3)O[C@@H]2CO)cc1. The van der Waals surface area contributed by atoms with E-state index in [9.17, 15) is 18.3 Å². The molecule has 1 aliphatic carbocycles. The quantitative estimate of drug-likeness (QED) is 0.591. The molecule has 3 rings (SSSR count). The van der Waals surface area contributed by atoms with Gasteiger partial charge in [0, 0.05) is 12.5 Å². The molecule has 1 heterocycles. The summed E-state index contributed by atoms with van der Waals surface area (Å²) in [5.74, 6) is 0.272. The van der Waals surface area contributed by atoms with E-state index in [1.807, 2.05) is 6.92 Å². The zero-order valence-electron chi connectivity index (χ0n) is 17.0. The monoisotopic (exact) mass is 424 g/mol. The largest absolute Gasteiger partial charge is 0.394 e. The predicted molar refractivity (Wildman–Crippen MR) is 110 cm³/mol. The van der Waals surface area contributed by atoms with E-state index in [0.29, 0.717) is 25.8 Å². The Kier molecular flexibility index (Phi) is 7.67. The average molecular weight is 425 g/mol. The number of aliphatic hydroxyl groups is 1. The van der Waals surface area contributed by atoms with Gasteiger partial charge in [0.2, 0.25) is 15.9 Å². The third kappa shape index (κ3) is 6.01. The summed E-state index contributed by atoms with van der Waals surface area (Å²) < 4.78 is 33.9. The molecule has 0 bridgehead atoms. The van der Waals surface area contributed by atoms with Crippen molar-refractivity contribution >= 4 is 15.9 Å². The number of hydrogen-bond acceptors (Lipinski definition) is 5. The highest BCUT2D eigenvalue weighted by molar-refractivity contribution is 7.89. The Hall–Kier alpha value is -1.48. The Bertz CT molecular complexity index is 775. The summed E-state index contributed by atoms with van der Waals surface area (Å²) >= 11 is 0. The van der Waals surface area contributed by atoms with Crippen LogP contribution in [0.15, 0.2) is 29.2 Å². The van der Waals surface area contributed by atoms with Gasteiger partial charge in [-0.3, -0.25) is 4.79 Å². The average Bonchev–Trinajstić information content (AvgIpc) is 3.24. The lowest BCUT2D eigenvalue weighted by atomic mass is 9.98. The van der Waals surface area contributed by atoms with E-state index >= 15 is 0 Å². The standard InChI is InChI=1S/C21H32N2O5S/c1-15-6-9-18(10-7-15)29(26,27)23-19-11-8-17(28-20(19)14-24)12-13-22-21(25)16-4-2-3-5-16/h6-7,9-10,16-17,19-20,23-24H,2-5,8,11-14H2,1H3,(H,22,25)/t17-,19+,20+/m0/s1. The fraction of sp³-hybridized carbons (Fsp3) is 0.667. The van der Waals surface area contributed by atoms with Crippen molar-refractivity contribution in [1.29, 1.82) is 0 Å². The zero-order chi connectivity index (χ0) is 20.9. The first-order valence-corrected chi connectivity index (χ1v) is 12.0. The summed E-state index contributed by atoms with van der Waals surface area (Å²) in [6.07, 6.45) is 5.42. The number of ether oxygens (including phenoxy) is 1. The van der Waals surface area contributed by atoms with E-state index in [2.05, 4.69) is 10.0 Å². The Balaban J connectivity index is 1.48. The second-order valence-corrected chi connectivity index (χ2v) is 9.87. The van der Waals surface area contributed by atoms with Gasteiger partial charge in [-0.1, -0.05) is 30.5 Å². The molecule has 1 aliphatic heterocycles. The molecule has 2 aliphatic rings. The molecule has 7 nitrogen and oxygen atoms in total. The van der Waals surface area contributed by atoms with E-state index in [-0.39, 0.29) is 29.4 Å². The van der Waals surface area contributed by atoms with Crippen LogP contribution >= 0.6 is 0 Å². The molecule has 162 valence electrons. The molecular weight excluding hydrogens is 392 g/mol. The summed E-state index contributed by atoms with van der Waals surface area (Å²) in [5, 5.41) is 12.7. The van der Waals surface area contributed by atoms with Gasteiger partial charge < -0.3 is 15.2 Å². The minimum absolute atomic E-state index is 0.101. The molecule has 1 aromatic carbocycles. The molecule has 29 heavy (non-hydrogen) atoms. The van der Waals surface area contributed by atoms with E-state index in [0.717, 1.165) is 31.2 Å². The topological polar surface area (TPSA) is 105 Å². The molecule has 1 aromatic rings. The fourth-order valence-electron chi connectivity index (χ4n) is 4.15. The molecule has 2 fully saturated rings. The summed E-state index contributed by atoms with van der Waals surface area (Å²) in [6, 6.07) is 6.18. The van der Waals surface area contributed by atoms with E-state index in [1.54, 1.807) is 24.3 Å². The molecular formula is C21H32N2O5S. The van der Waals surface area contributed by atoms with Crippen LogP contribution in [-0.4, -0.2) is 50.8 Å². The number of sulfonamides is 1. The van der Waals surface area contributed by atoms with Crippen molar-refractivity contribution in [3.63, 3.8) is 0 Å². The van der Waals surface area contributed by atoms with Crippen LogP contribution < -0.4 is 10.0 Å². The highest BCUT2D eigenvalue weighted by Gasteiger charge is 2.34. The second kappa shape index (κ2) is 10.0. The second-order valence-electron chi connectivity index (χ2n) is 8.16. The van der Waals surface area contributed by atoms with Crippen LogP contribution in [0.4, 0.5) is 0 Å². The van der Waals surface area contributed by atoms with Gasteiger partial charge in [-0.15, -0.1) is 0 Å². The molecule has 0 spiro atoms. The Labute approximate surface area is 173 Å². The lowest BCUT2D eigenvalue weighted by molar-refractivity contribution is -0.125. The number of nitrogens with one attached hydrogen (secondary N) is 2. The third-order valence-corrected chi connectivity index (χ3v) is 7.43. The van der Waals surface area contributed by atoms with Gasteiger partial charge >= 0.3 is 0 Å². The number of carbonyl (C=O) groups excluding carboxylic acids is 1. The van der Waals surface area contributed by atoms with Crippen LogP contribution in [-0.2, 0) is 19.6 Å². The molecule has 3 atom stereocenters. The minimum Gasteiger partial charge on any atom is -0.394 e. The predicted octanol–water partition coefficient (Wildman–Crippen LogP) is 1.88. The molecule has 0 unspecified atom stereocenters. The minimum atomic E-state index is -3.67. The molecule has 1 saturated carbocycles. The maximum Gasteiger partial charge on any atom is 0.240 e. The first-order chi connectivity index (χ1) is 13.9. The van der Waals surface area contributed by atoms with Gasteiger partial charge in [-0.25, -0.2) is 13.1 Å². The number of benzene rings is 1. The lowest BCUT2D eigenvalue weighted by Gasteiger charge is -2.36. The molecule has 1 amide bonds. The number of hydrogen-bond donors (Lipinski definition) is 3. The number of carbonyl (C=O) groups is 1. The van der Waals surface area contributed by atoms with Crippen molar-refractivity contribution in [2.75, 3.05) is 13.2 Å². The number of amides is 1. The zero-order valence-corrected chi connectivity index (χ0v) is 17.8. The van der Waals surface area contributed by atoms with Crippen molar-refractivity contribution in [2.24, 2.45) is 5.92 Å². The first-order valence-electron chi connectivity index (χ1n) is 10.5. The first kappa shape index (κ1) is 22.2. The van der Waals surface area contributed by atoms with Crippen LogP contribution in [0, 0.1) is 12.8 Å². The van der Waals surface area contributed by atoms with Crippen LogP contribution in [0.3, 0.4) is 0 Å². The molecule has 0 radical (unpaired) electrons. The van der Waals surface area contributed by atoms with Gasteiger partial charge in [-0.05, 0) is 51.2 Å². The summed E-state index contributed by atoms with van der Waals surface area (Å²) in [5.41, 5.74) is 0.987. The smallest absolute Gasteiger partial charge is 0.240 e. The van der Waals surface area contributed by atoms with Crippen molar-refractivity contribution in [3.05, 3.63) is 29.8 Å². The molecule has 8 heteroatoms. The summed E-state index contributed by atoms with van der Waals surface area (Å²) in [4.78, 5) is 12.3. The van der Waals surface area contributed by atoms with Crippen LogP contribution in [0.2, 0.25) is 0 Å². The van der Waals surface area contributed by atoms with Crippen LogP contribution in [0.5, 0.6) is 0 Å². The van der Waals surface area contributed by atoms with E-state index in [4.69, 9.17) is 4.74 Å². The number of aryl methyl sites for hydroxylation is 1. The highest BCUT2D eigenvalue weighted by Crippen LogP contribution is 2.25. The fourth-order valence-corrected chi connectivity index (χ4v) is 5.45. The van der Waals surface area contributed by atoms with Crippen molar-refractivity contribution in [3.8, 4) is 0 Å². The van der Waals surface area contributed by atoms with Gasteiger partial charge in [-0.2, -0.15) is 0 Å². The molecule has 0 aromatic heterocycles. The molecule has 3 N–H and O–H groups in total. The summed E-state index contributed by atoms with van der Waals surface area (Å²) in [6.45, 7) is 2.18. The van der Waals surface area contributed by atoms with Crippen molar-refractivity contribution in [1.82, 2.24) is 10.0 Å². The van der Waals surface area contributed by atoms with Crippen molar-refractivity contribution in [2.45, 2.75) is 75.0 Å². The van der Waals surface area contributed by atoms with E-state index in [1.165, 1.54) is 0 Å². The van der Waals surface area contributed by atoms with Crippen LogP contribution in [0.1, 0.15) is 50.5 Å².